The van der Waals surface area contributed by atoms with Gasteiger partial charge in [0.1, 0.15) is 11.5 Å². The van der Waals surface area contributed by atoms with Crippen molar-refractivity contribution >= 4 is 17.6 Å². The number of imide groups is 1. The van der Waals surface area contributed by atoms with Crippen LogP contribution in [0.3, 0.4) is 0 Å². The highest BCUT2D eigenvalue weighted by Crippen LogP contribution is 2.30. The van der Waals surface area contributed by atoms with Crippen molar-refractivity contribution < 1.29 is 27.2 Å². The van der Waals surface area contributed by atoms with Gasteiger partial charge in [-0.1, -0.05) is 36.4 Å². The average molecular weight is 389 g/mol. The quantitative estimate of drug-likeness (QED) is 0.684. The van der Waals surface area contributed by atoms with Crippen molar-refractivity contribution in [2.24, 2.45) is 0 Å². The number of benzene rings is 2. The molecule has 3 rings (SSSR count). The first-order valence-corrected chi connectivity index (χ1v) is 8.06. The number of alkyl halides is 3. The molecule has 0 radical (unpaired) electrons. The van der Waals surface area contributed by atoms with E-state index in [2.05, 4.69) is 10.3 Å². The van der Waals surface area contributed by atoms with Crippen molar-refractivity contribution in [2.75, 3.05) is 5.32 Å². The van der Waals surface area contributed by atoms with Gasteiger partial charge in [-0.05, 0) is 25.1 Å². The second-order valence-electron chi connectivity index (χ2n) is 5.78. The van der Waals surface area contributed by atoms with Crippen LogP contribution in [0.15, 0.2) is 59.0 Å². The Morgan fingerprint density at radius 3 is 2.43 bits per heavy atom. The maximum atomic E-state index is 12.7. The van der Waals surface area contributed by atoms with Gasteiger partial charge in [0, 0.05) is 11.3 Å². The number of hydrogen-bond acceptors (Lipinski definition) is 4. The van der Waals surface area contributed by atoms with Crippen LogP contribution < -0.4 is 10.6 Å². The van der Waals surface area contributed by atoms with Crippen LogP contribution in [0.1, 0.15) is 22.0 Å². The van der Waals surface area contributed by atoms with Crippen LogP contribution in [0.2, 0.25) is 0 Å². The maximum absolute atomic E-state index is 12.7. The molecule has 0 aliphatic heterocycles. The molecular formula is C19H14F3N3O3. The van der Waals surface area contributed by atoms with E-state index in [4.69, 9.17) is 4.42 Å². The van der Waals surface area contributed by atoms with Gasteiger partial charge in [0.15, 0.2) is 0 Å². The van der Waals surface area contributed by atoms with E-state index < -0.39 is 23.7 Å². The van der Waals surface area contributed by atoms with Crippen molar-refractivity contribution in [3.63, 3.8) is 0 Å². The first-order chi connectivity index (χ1) is 13.2. The smallest absolute Gasteiger partial charge is 0.416 e. The molecule has 0 aliphatic carbocycles. The number of halogens is 3. The van der Waals surface area contributed by atoms with Gasteiger partial charge in [-0.3, -0.25) is 10.1 Å². The summed E-state index contributed by atoms with van der Waals surface area (Å²) in [5.74, 6) is -0.875. The number of aromatic nitrogens is 1. The van der Waals surface area contributed by atoms with E-state index in [0.717, 1.165) is 23.8 Å². The summed E-state index contributed by atoms with van der Waals surface area (Å²) in [7, 11) is 0. The molecule has 1 aromatic heterocycles. The van der Waals surface area contributed by atoms with Crippen molar-refractivity contribution in [1.82, 2.24) is 10.3 Å². The second kappa shape index (κ2) is 7.55. The van der Waals surface area contributed by atoms with E-state index >= 15 is 0 Å². The van der Waals surface area contributed by atoms with Gasteiger partial charge in [-0.2, -0.15) is 13.2 Å². The van der Waals surface area contributed by atoms with Crippen LogP contribution in [-0.4, -0.2) is 16.9 Å². The molecule has 0 saturated heterocycles. The van der Waals surface area contributed by atoms with Crippen molar-refractivity contribution in [1.29, 1.82) is 0 Å². The number of nitrogens with zero attached hydrogens (tertiary/aromatic N) is 1. The Bertz CT molecular complexity index is 1010. The molecular weight excluding hydrogens is 375 g/mol. The van der Waals surface area contributed by atoms with Crippen molar-refractivity contribution in [3.05, 3.63) is 71.8 Å². The van der Waals surface area contributed by atoms with Gasteiger partial charge < -0.3 is 9.73 Å². The lowest BCUT2D eigenvalue weighted by Gasteiger charge is -2.09. The molecule has 0 spiro atoms. The average Bonchev–Trinajstić information content (AvgIpc) is 3.04. The van der Waals surface area contributed by atoms with E-state index in [1.807, 2.05) is 11.4 Å². The number of oxazole rings is 1. The summed E-state index contributed by atoms with van der Waals surface area (Å²) in [6, 6.07) is 12.0. The van der Waals surface area contributed by atoms with E-state index in [0.29, 0.717) is 11.5 Å². The molecule has 28 heavy (non-hydrogen) atoms. The Balaban J connectivity index is 1.69. The van der Waals surface area contributed by atoms with Gasteiger partial charge in [-0.25, -0.2) is 9.78 Å². The molecule has 9 heteroatoms. The van der Waals surface area contributed by atoms with Crippen LogP contribution in [-0.2, 0) is 6.18 Å². The third-order valence-corrected chi connectivity index (χ3v) is 3.71. The fraction of sp³-hybridized carbons (Fsp3) is 0.105. The Morgan fingerprint density at radius 2 is 1.75 bits per heavy atom. The summed E-state index contributed by atoms with van der Waals surface area (Å²) in [5.41, 5.74) is 0.140. The highest BCUT2D eigenvalue weighted by Gasteiger charge is 2.30. The number of anilines is 1. The van der Waals surface area contributed by atoms with E-state index in [1.165, 1.54) is 6.07 Å². The summed E-state index contributed by atoms with van der Waals surface area (Å²) >= 11 is 0. The molecule has 2 aromatic carbocycles. The summed E-state index contributed by atoms with van der Waals surface area (Å²) in [5, 5.41) is 4.14. The molecule has 144 valence electrons. The Labute approximate surface area is 157 Å². The molecule has 0 bridgehead atoms. The SMILES string of the molecule is Cc1oc(C(=O)NC(=O)Nc2cccc(C(F)(F)F)c2)nc1-c1ccccc1. The molecule has 0 fully saturated rings. The molecule has 0 aliphatic rings. The van der Waals surface area contributed by atoms with Gasteiger partial charge in [-0.15, -0.1) is 0 Å². The number of carbonyl (C=O) groups is 2. The summed E-state index contributed by atoms with van der Waals surface area (Å²) < 4.78 is 43.4. The first-order valence-electron chi connectivity index (χ1n) is 8.06. The summed E-state index contributed by atoms with van der Waals surface area (Å²) in [6.45, 7) is 1.62. The summed E-state index contributed by atoms with van der Waals surface area (Å²) in [6.07, 6.45) is -4.55. The minimum atomic E-state index is -4.55. The Hall–Kier alpha value is -3.62. The Kier molecular flexibility index (Phi) is 5.16. The number of nitrogens with one attached hydrogen (secondary N) is 2. The van der Waals surface area contributed by atoms with Gasteiger partial charge in [0.25, 0.3) is 5.89 Å². The van der Waals surface area contributed by atoms with Crippen LogP contribution in [0, 0.1) is 6.92 Å². The third kappa shape index (κ3) is 4.37. The van der Waals surface area contributed by atoms with Crippen LogP contribution >= 0.6 is 0 Å². The van der Waals surface area contributed by atoms with E-state index in [-0.39, 0.29) is 11.6 Å². The van der Waals surface area contributed by atoms with Crippen LogP contribution in [0.5, 0.6) is 0 Å². The number of urea groups is 1. The normalized spacial score (nSPS) is 11.1. The molecule has 2 N–H and O–H groups in total. The zero-order valence-electron chi connectivity index (χ0n) is 14.5. The maximum Gasteiger partial charge on any atom is 0.416 e. The molecule has 0 unspecified atom stereocenters. The topological polar surface area (TPSA) is 84.2 Å². The minimum absolute atomic E-state index is 0.117. The van der Waals surface area contributed by atoms with Crippen LogP contribution in [0.25, 0.3) is 11.3 Å². The molecule has 0 saturated carbocycles. The number of aryl methyl sites for hydroxylation is 1. The molecule has 3 amide bonds. The number of amides is 3. The first kappa shape index (κ1) is 19.2. The van der Waals surface area contributed by atoms with Gasteiger partial charge in [0.2, 0.25) is 0 Å². The predicted octanol–water partition coefficient (Wildman–Crippen LogP) is 4.63. The fourth-order valence-electron chi connectivity index (χ4n) is 2.45. The van der Waals surface area contributed by atoms with E-state index in [9.17, 15) is 22.8 Å². The molecule has 3 aromatic rings. The zero-order valence-corrected chi connectivity index (χ0v) is 14.5. The standard InChI is InChI=1S/C19H14F3N3O3/c1-11-15(12-6-3-2-4-7-12)24-17(28-11)16(26)25-18(27)23-14-9-5-8-13(10-14)19(20,21)22/h2-10H,1H3,(H2,23,25,26,27). The largest absolute Gasteiger partial charge is 0.437 e. The van der Waals surface area contributed by atoms with Crippen molar-refractivity contribution in [2.45, 2.75) is 13.1 Å². The molecule has 0 atom stereocenters. The Morgan fingerprint density at radius 1 is 1.04 bits per heavy atom. The van der Waals surface area contributed by atoms with Crippen molar-refractivity contribution in [3.8, 4) is 11.3 Å². The lowest BCUT2D eigenvalue weighted by Crippen LogP contribution is -2.34. The predicted molar refractivity (Wildman–Crippen MR) is 94.6 cm³/mol. The lowest BCUT2D eigenvalue weighted by atomic mass is 10.1. The molecule has 6 nitrogen and oxygen atoms in total. The minimum Gasteiger partial charge on any atom is -0.437 e. The number of carbonyl (C=O) groups excluding carboxylic acids is 2. The number of hydrogen-bond donors (Lipinski definition) is 2. The monoisotopic (exact) mass is 389 g/mol. The summed E-state index contributed by atoms with van der Waals surface area (Å²) in [4.78, 5) is 28.2. The highest BCUT2D eigenvalue weighted by molar-refractivity contribution is 6.06. The zero-order chi connectivity index (χ0) is 20.3. The third-order valence-electron chi connectivity index (χ3n) is 3.71. The fourth-order valence-corrected chi connectivity index (χ4v) is 2.45. The lowest BCUT2D eigenvalue weighted by molar-refractivity contribution is -0.137. The van der Waals surface area contributed by atoms with Gasteiger partial charge >= 0.3 is 18.1 Å². The van der Waals surface area contributed by atoms with E-state index in [1.54, 1.807) is 31.2 Å². The number of rotatable bonds is 3. The highest BCUT2D eigenvalue weighted by atomic mass is 19.4. The van der Waals surface area contributed by atoms with Crippen LogP contribution in [0.4, 0.5) is 23.7 Å². The molecule has 1 heterocycles. The second-order valence-corrected chi connectivity index (χ2v) is 5.78. The van der Waals surface area contributed by atoms with Gasteiger partial charge in [0.05, 0.1) is 5.56 Å².